The van der Waals surface area contributed by atoms with Gasteiger partial charge in [-0.1, -0.05) is 39.3 Å². The molecule has 0 aliphatic rings. The summed E-state index contributed by atoms with van der Waals surface area (Å²) in [7, 11) is 0. The molecule has 0 amide bonds. The minimum absolute atomic E-state index is 0.308. The number of rotatable bonds is 3. The van der Waals surface area contributed by atoms with Gasteiger partial charge in [0.1, 0.15) is 0 Å². The fourth-order valence-electron chi connectivity index (χ4n) is 0.153. The van der Waals surface area contributed by atoms with Gasteiger partial charge < -0.3 is 4.43 Å². The van der Waals surface area contributed by atoms with Gasteiger partial charge in [0.25, 0.3) is 0 Å². The van der Waals surface area contributed by atoms with Crippen LogP contribution in [0.5, 0.6) is 0 Å². The second-order valence-corrected chi connectivity index (χ2v) is 8.76. The normalized spacial score (nSPS) is 11.4. The van der Waals surface area contributed by atoms with Crippen LogP contribution in [0.2, 0.25) is 0 Å². The van der Waals surface area contributed by atoms with E-state index < -0.39 is 6.25 Å². The highest BCUT2D eigenvalue weighted by Crippen LogP contribution is 2.20. The first-order chi connectivity index (χ1) is 3.56. The molecular weight excluding hydrogens is 186 g/mol. The van der Waals surface area contributed by atoms with Crippen molar-refractivity contribution in [2.45, 2.75) is 0 Å². The topological polar surface area (TPSA) is 9.23 Å². The summed E-state index contributed by atoms with van der Waals surface area (Å²) in [6.45, 7) is 3.69. The zero-order chi connectivity index (χ0) is 6.62. The molecule has 8 heavy (non-hydrogen) atoms. The first-order valence-electron chi connectivity index (χ1n) is 1.88. The molecule has 0 unspecified atom stereocenters. The molecule has 0 aromatic rings. The van der Waals surface area contributed by atoms with Crippen molar-refractivity contribution < 1.29 is 4.43 Å². The van der Waals surface area contributed by atoms with E-state index in [0.717, 1.165) is 0 Å². The standard InChI is InChI=1S/C3H5Cl3OSi/c1-2-3-7-8(4,5)6/h2H,1,3H2. The van der Waals surface area contributed by atoms with E-state index in [9.17, 15) is 0 Å². The van der Waals surface area contributed by atoms with Crippen molar-refractivity contribution in [1.82, 2.24) is 0 Å². The van der Waals surface area contributed by atoms with Crippen LogP contribution in [0.1, 0.15) is 0 Å². The van der Waals surface area contributed by atoms with E-state index in [0.29, 0.717) is 6.61 Å². The van der Waals surface area contributed by atoms with Crippen LogP contribution in [-0.2, 0) is 4.43 Å². The molecule has 0 N–H and O–H groups in total. The van der Waals surface area contributed by atoms with E-state index >= 15 is 0 Å². The van der Waals surface area contributed by atoms with Crippen molar-refractivity contribution in [2.75, 3.05) is 6.61 Å². The molecule has 5 heteroatoms. The third-order valence-electron chi connectivity index (χ3n) is 0.365. The van der Waals surface area contributed by atoms with Crippen molar-refractivity contribution in [3.05, 3.63) is 12.7 Å². The molecule has 0 aliphatic heterocycles. The van der Waals surface area contributed by atoms with Gasteiger partial charge in [-0.3, -0.25) is 0 Å². The maximum absolute atomic E-state index is 5.31. The maximum Gasteiger partial charge on any atom is 0.494 e. The number of halogens is 3. The van der Waals surface area contributed by atoms with Crippen LogP contribution < -0.4 is 0 Å². The smallest absolute Gasteiger partial charge is 0.377 e. The van der Waals surface area contributed by atoms with Gasteiger partial charge in [0, 0.05) is 0 Å². The number of hydrogen-bond acceptors (Lipinski definition) is 1. The van der Waals surface area contributed by atoms with Crippen molar-refractivity contribution in [3.8, 4) is 0 Å². The van der Waals surface area contributed by atoms with Gasteiger partial charge in [0.2, 0.25) is 0 Å². The first kappa shape index (κ1) is 8.79. The Bertz CT molecular complexity index is 79.1. The predicted octanol–water partition coefficient (Wildman–Crippen LogP) is 2.34. The van der Waals surface area contributed by atoms with Crippen LogP contribution in [0.25, 0.3) is 0 Å². The summed E-state index contributed by atoms with van der Waals surface area (Å²) in [4.78, 5) is 0. The SMILES string of the molecule is C=CCO[Si](Cl)(Cl)Cl. The van der Waals surface area contributed by atoms with E-state index in [1.807, 2.05) is 0 Å². The molecule has 0 fully saturated rings. The molecule has 0 aliphatic carbocycles. The summed E-state index contributed by atoms with van der Waals surface area (Å²) < 4.78 is 4.70. The van der Waals surface area contributed by atoms with Gasteiger partial charge >= 0.3 is 6.25 Å². The largest absolute Gasteiger partial charge is 0.494 e. The molecule has 0 heterocycles. The van der Waals surface area contributed by atoms with Crippen LogP contribution in [0.15, 0.2) is 12.7 Å². The fourth-order valence-corrected chi connectivity index (χ4v) is 1.03. The van der Waals surface area contributed by atoms with E-state index in [1.54, 1.807) is 0 Å². The van der Waals surface area contributed by atoms with Crippen molar-refractivity contribution >= 4 is 39.5 Å². The fraction of sp³-hybridized carbons (Fsp3) is 0.333. The summed E-state index contributed by atoms with van der Waals surface area (Å²) in [6.07, 6.45) is -1.30. The zero-order valence-electron chi connectivity index (χ0n) is 4.03. The molecule has 0 aromatic carbocycles. The van der Waals surface area contributed by atoms with E-state index in [4.69, 9.17) is 37.7 Å². The molecule has 0 saturated heterocycles. The first-order valence-corrected chi connectivity index (χ1v) is 6.82. The van der Waals surface area contributed by atoms with Crippen LogP contribution >= 0.6 is 33.2 Å². The van der Waals surface area contributed by atoms with Crippen LogP contribution in [0.4, 0.5) is 0 Å². The highest BCUT2D eigenvalue weighted by molar-refractivity contribution is 7.62. The van der Waals surface area contributed by atoms with Gasteiger partial charge in [0.15, 0.2) is 0 Å². The highest BCUT2D eigenvalue weighted by atomic mass is 35.8. The molecular formula is C3H5Cl3OSi. The molecule has 48 valence electrons. The van der Waals surface area contributed by atoms with Crippen LogP contribution in [0.3, 0.4) is 0 Å². The Morgan fingerprint density at radius 2 is 2.00 bits per heavy atom. The lowest BCUT2D eigenvalue weighted by molar-refractivity contribution is 0.386. The average Bonchev–Trinajstić information content (AvgIpc) is 1.59. The van der Waals surface area contributed by atoms with E-state index in [-0.39, 0.29) is 0 Å². The minimum atomic E-state index is -2.83. The summed E-state index contributed by atoms with van der Waals surface area (Å²) >= 11 is 15.9. The van der Waals surface area contributed by atoms with Gasteiger partial charge in [-0.2, -0.15) is 0 Å². The summed E-state index contributed by atoms with van der Waals surface area (Å²) in [5, 5.41) is 0. The highest BCUT2D eigenvalue weighted by Gasteiger charge is 2.26. The Hall–Kier alpha value is 0.787. The monoisotopic (exact) mass is 190 g/mol. The number of hydrogen-bond donors (Lipinski definition) is 0. The molecule has 0 spiro atoms. The van der Waals surface area contributed by atoms with Gasteiger partial charge in [0.05, 0.1) is 6.61 Å². The molecule has 0 saturated carbocycles. The zero-order valence-corrected chi connectivity index (χ0v) is 7.30. The lowest BCUT2D eigenvalue weighted by atomic mass is 10.7. The predicted molar refractivity (Wildman–Crippen MR) is 39.5 cm³/mol. The van der Waals surface area contributed by atoms with Crippen molar-refractivity contribution in [3.63, 3.8) is 0 Å². The molecule has 0 aromatic heterocycles. The van der Waals surface area contributed by atoms with Crippen LogP contribution in [-0.4, -0.2) is 12.9 Å². The van der Waals surface area contributed by atoms with Gasteiger partial charge in [-0.05, 0) is 0 Å². The maximum atomic E-state index is 5.31. The molecule has 0 atom stereocenters. The Kier molecular flexibility index (Phi) is 4.11. The third-order valence-corrected chi connectivity index (χ3v) is 1.84. The quantitative estimate of drug-likeness (QED) is 0.378. The summed E-state index contributed by atoms with van der Waals surface area (Å²) in [5.74, 6) is 0. The Morgan fingerprint density at radius 3 is 2.12 bits per heavy atom. The lowest BCUT2D eigenvalue weighted by Gasteiger charge is -2.04. The molecule has 0 radical (unpaired) electrons. The second-order valence-electron chi connectivity index (χ2n) is 1.05. The lowest BCUT2D eigenvalue weighted by Crippen LogP contribution is -2.15. The van der Waals surface area contributed by atoms with E-state index in [2.05, 4.69) is 6.58 Å². The van der Waals surface area contributed by atoms with Crippen molar-refractivity contribution in [2.24, 2.45) is 0 Å². The Labute approximate surface area is 63.4 Å². The molecule has 0 rings (SSSR count). The third kappa shape index (κ3) is 6.79. The van der Waals surface area contributed by atoms with Crippen LogP contribution in [0, 0.1) is 0 Å². The van der Waals surface area contributed by atoms with Gasteiger partial charge in [-0.15, -0.1) is 6.58 Å². The molecule has 1 nitrogen and oxygen atoms in total. The van der Waals surface area contributed by atoms with Crippen molar-refractivity contribution in [1.29, 1.82) is 0 Å². The summed E-state index contributed by atoms with van der Waals surface area (Å²) in [5.41, 5.74) is 0. The molecule has 0 bridgehead atoms. The average molecular weight is 192 g/mol. The Balaban J connectivity index is 3.24. The minimum Gasteiger partial charge on any atom is -0.377 e. The van der Waals surface area contributed by atoms with Gasteiger partial charge in [-0.25, -0.2) is 0 Å². The van der Waals surface area contributed by atoms with E-state index in [1.165, 1.54) is 6.08 Å². The summed E-state index contributed by atoms with van der Waals surface area (Å²) in [6, 6.07) is 0. The second kappa shape index (κ2) is 3.74. The Morgan fingerprint density at radius 1 is 1.50 bits per heavy atom.